The van der Waals surface area contributed by atoms with Crippen molar-refractivity contribution in [3.05, 3.63) is 27.2 Å². The predicted octanol–water partition coefficient (Wildman–Crippen LogP) is 5.81. The van der Waals surface area contributed by atoms with E-state index >= 15 is 0 Å². The highest BCUT2D eigenvalue weighted by molar-refractivity contribution is 9.10. The van der Waals surface area contributed by atoms with Crippen molar-refractivity contribution in [1.29, 1.82) is 0 Å². The lowest BCUT2D eigenvalue weighted by Gasteiger charge is -2.23. The second kappa shape index (κ2) is 6.95. The van der Waals surface area contributed by atoms with Crippen molar-refractivity contribution in [2.45, 2.75) is 47.5 Å². The first-order valence-electron chi connectivity index (χ1n) is 6.84. The molecule has 2 nitrogen and oxygen atoms in total. The summed E-state index contributed by atoms with van der Waals surface area (Å²) < 4.78 is 0.858. The zero-order valence-electron chi connectivity index (χ0n) is 12.8. The van der Waals surface area contributed by atoms with Crippen LogP contribution in [-0.4, -0.2) is 5.91 Å². The molecule has 1 rings (SSSR count). The summed E-state index contributed by atoms with van der Waals surface area (Å²) in [6.07, 6.45) is 1.55. The highest BCUT2D eigenvalue weighted by Crippen LogP contribution is 2.30. The molecule has 4 heteroatoms. The number of halogens is 2. The standard InChI is InChI=1S/C16H23BrClNO/c1-10(9-16(3,4)5)6-15(20)19-14-8-13(18)11(2)7-12(14)17/h7-8,10H,6,9H2,1-5H3,(H,19,20). The smallest absolute Gasteiger partial charge is 0.224 e. The van der Waals surface area contributed by atoms with Crippen LogP contribution < -0.4 is 5.32 Å². The van der Waals surface area contributed by atoms with E-state index in [1.54, 1.807) is 6.07 Å². The average Bonchev–Trinajstić information content (AvgIpc) is 2.22. The first kappa shape index (κ1) is 17.5. The summed E-state index contributed by atoms with van der Waals surface area (Å²) in [4.78, 5) is 12.1. The molecule has 0 radical (unpaired) electrons. The fourth-order valence-electron chi connectivity index (χ4n) is 2.38. The first-order valence-corrected chi connectivity index (χ1v) is 8.01. The fraction of sp³-hybridized carbons (Fsp3) is 0.562. The molecule has 0 aliphatic carbocycles. The van der Waals surface area contributed by atoms with Crippen LogP contribution in [0.4, 0.5) is 5.69 Å². The molecule has 1 atom stereocenters. The van der Waals surface area contributed by atoms with Crippen LogP contribution in [0.5, 0.6) is 0 Å². The Morgan fingerprint density at radius 2 is 2.00 bits per heavy atom. The summed E-state index contributed by atoms with van der Waals surface area (Å²) in [6.45, 7) is 10.6. The lowest BCUT2D eigenvalue weighted by Crippen LogP contribution is -2.19. The van der Waals surface area contributed by atoms with Crippen LogP contribution in [0.2, 0.25) is 5.02 Å². The molecule has 1 aromatic rings. The van der Waals surface area contributed by atoms with Crippen molar-refractivity contribution < 1.29 is 4.79 Å². The fourth-order valence-corrected chi connectivity index (χ4v) is 3.10. The summed E-state index contributed by atoms with van der Waals surface area (Å²) in [7, 11) is 0. The van der Waals surface area contributed by atoms with Crippen LogP contribution in [0, 0.1) is 18.3 Å². The molecule has 1 amide bonds. The van der Waals surface area contributed by atoms with Gasteiger partial charge in [0.1, 0.15) is 0 Å². The zero-order chi connectivity index (χ0) is 15.5. The maximum Gasteiger partial charge on any atom is 0.224 e. The van der Waals surface area contributed by atoms with E-state index in [0.29, 0.717) is 17.4 Å². The molecule has 0 aliphatic rings. The van der Waals surface area contributed by atoms with Crippen LogP contribution in [0.15, 0.2) is 16.6 Å². The van der Waals surface area contributed by atoms with Gasteiger partial charge in [0.05, 0.1) is 5.69 Å². The number of nitrogens with one attached hydrogen (secondary N) is 1. The van der Waals surface area contributed by atoms with Gasteiger partial charge >= 0.3 is 0 Å². The molecule has 0 saturated carbocycles. The summed E-state index contributed by atoms with van der Waals surface area (Å²) in [5.41, 5.74) is 1.96. The molecule has 0 saturated heterocycles. The summed E-state index contributed by atoms with van der Waals surface area (Å²) in [5.74, 6) is 0.386. The largest absolute Gasteiger partial charge is 0.325 e. The highest BCUT2D eigenvalue weighted by Gasteiger charge is 2.18. The Morgan fingerprint density at radius 3 is 2.55 bits per heavy atom. The van der Waals surface area contributed by atoms with Gasteiger partial charge in [-0.15, -0.1) is 0 Å². The third-order valence-corrected chi connectivity index (χ3v) is 4.08. The molecule has 0 aromatic heterocycles. The third-order valence-electron chi connectivity index (χ3n) is 3.02. The number of hydrogen-bond acceptors (Lipinski definition) is 1. The molecule has 1 N–H and O–H groups in total. The molecule has 0 aliphatic heterocycles. The van der Waals surface area contributed by atoms with E-state index < -0.39 is 0 Å². The second-order valence-electron chi connectivity index (χ2n) is 6.70. The maximum absolute atomic E-state index is 12.1. The Morgan fingerprint density at radius 1 is 1.40 bits per heavy atom. The molecule has 112 valence electrons. The van der Waals surface area contributed by atoms with E-state index in [2.05, 4.69) is 48.9 Å². The Hall–Kier alpha value is -0.540. The SMILES string of the molecule is Cc1cc(Br)c(NC(=O)CC(C)CC(C)(C)C)cc1Cl. The molecular formula is C16H23BrClNO. The molecule has 0 bridgehead atoms. The lowest BCUT2D eigenvalue weighted by atomic mass is 9.84. The van der Waals surface area contributed by atoms with E-state index in [1.165, 1.54) is 0 Å². The van der Waals surface area contributed by atoms with Crippen molar-refractivity contribution in [2.75, 3.05) is 5.32 Å². The topological polar surface area (TPSA) is 29.1 Å². The van der Waals surface area contributed by atoms with Crippen molar-refractivity contribution in [3.63, 3.8) is 0 Å². The van der Waals surface area contributed by atoms with Gasteiger partial charge in [0.15, 0.2) is 0 Å². The van der Waals surface area contributed by atoms with E-state index in [-0.39, 0.29) is 11.3 Å². The summed E-state index contributed by atoms with van der Waals surface area (Å²) >= 11 is 9.54. The van der Waals surface area contributed by atoms with Crippen molar-refractivity contribution in [3.8, 4) is 0 Å². The highest BCUT2D eigenvalue weighted by atomic mass is 79.9. The Bertz CT molecular complexity index is 494. The minimum Gasteiger partial charge on any atom is -0.325 e. The van der Waals surface area contributed by atoms with Crippen LogP contribution in [-0.2, 0) is 4.79 Å². The molecule has 0 fully saturated rings. The van der Waals surface area contributed by atoms with Gasteiger partial charge in [-0.1, -0.05) is 39.3 Å². The van der Waals surface area contributed by atoms with Gasteiger partial charge < -0.3 is 5.32 Å². The quantitative estimate of drug-likeness (QED) is 0.721. The number of rotatable bonds is 4. The number of carbonyl (C=O) groups excluding carboxylic acids is 1. The molecule has 0 heterocycles. The number of amides is 1. The number of aryl methyl sites for hydroxylation is 1. The van der Waals surface area contributed by atoms with Crippen LogP contribution in [0.3, 0.4) is 0 Å². The van der Waals surface area contributed by atoms with Crippen LogP contribution >= 0.6 is 27.5 Å². The number of hydrogen-bond donors (Lipinski definition) is 1. The van der Waals surface area contributed by atoms with Gasteiger partial charge in [0, 0.05) is 15.9 Å². The van der Waals surface area contributed by atoms with E-state index in [0.717, 1.165) is 22.1 Å². The molecule has 20 heavy (non-hydrogen) atoms. The third kappa shape index (κ3) is 5.84. The van der Waals surface area contributed by atoms with Gasteiger partial charge in [-0.3, -0.25) is 4.79 Å². The number of anilines is 1. The van der Waals surface area contributed by atoms with Crippen LogP contribution in [0.25, 0.3) is 0 Å². The molecule has 0 spiro atoms. The van der Waals surface area contributed by atoms with Gasteiger partial charge in [-0.25, -0.2) is 0 Å². The first-order chi connectivity index (χ1) is 9.08. The van der Waals surface area contributed by atoms with E-state index in [4.69, 9.17) is 11.6 Å². The minimum absolute atomic E-state index is 0.0300. The summed E-state index contributed by atoms with van der Waals surface area (Å²) in [6, 6.07) is 3.70. The summed E-state index contributed by atoms with van der Waals surface area (Å²) in [5, 5.41) is 3.58. The van der Waals surface area contributed by atoms with Gasteiger partial charge in [-0.05, 0) is 58.3 Å². The van der Waals surface area contributed by atoms with Crippen molar-refractivity contribution in [1.82, 2.24) is 0 Å². The molecule has 1 aromatic carbocycles. The lowest BCUT2D eigenvalue weighted by molar-refractivity contribution is -0.117. The minimum atomic E-state index is 0.0300. The monoisotopic (exact) mass is 359 g/mol. The van der Waals surface area contributed by atoms with Gasteiger partial charge in [0.25, 0.3) is 0 Å². The van der Waals surface area contributed by atoms with Crippen LogP contribution in [0.1, 0.15) is 46.1 Å². The Kier molecular flexibility index (Phi) is 6.08. The van der Waals surface area contributed by atoms with Gasteiger partial charge in [0.2, 0.25) is 5.91 Å². The van der Waals surface area contributed by atoms with Crippen molar-refractivity contribution in [2.24, 2.45) is 11.3 Å². The van der Waals surface area contributed by atoms with E-state index in [9.17, 15) is 4.79 Å². The van der Waals surface area contributed by atoms with Gasteiger partial charge in [-0.2, -0.15) is 0 Å². The average molecular weight is 361 g/mol. The predicted molar refractivity (Wildman–Crippen MR) is 90.4 cm³/mol. The normalized spacial score (nSPS) is 13.2. The Labute approximate surface area is 135 Å². The Balaban J connectivity index is 2.65. The maximum atomic E-state index is 12.1. The second-order valence-corrected chi connectivity index (χ2v) is 7.97. The zero-order valence-corrected chi connectivity index (χ0v) is 15.2. The molecular weight excluding hydrogens is 338 g/mol. The number of benzene rings is 1. The number of carbonyl (C=O) groups is 1. The molecule has 1 unspecified atom stereocenters. The van der Waals surface area contributed by atoms with Crippen molar-refractivity contribution >= 4 is 39.1 Å². The van der Waals surface area contributed by atoms with E-state index in [1.807, 2.05) is 13.0 Å².